The van der Waals surface area contributed by atoms with Gasteiger partial charge in [-0.25, -0.2) is 13.8 Å². The fraction of sp³-hybridized carbons (Fsp3) is 0.211. The van der Waals surface area contributed by atoms with Gasteiger partial charge in [0.05, 0.1) is 11.7 Å². The molecule has 1 fully saturated rings. The Morgan fingerprint density at radius 2 is 1.78 bits per heavy atom. The zero-order valence-electron chi connectivity index (χ0n) is 14.5. The second-order valence-corrected chi connectivity index (χ2v) is 6.18. The van der Waals surface area contributed by atoms with E-state index < -0.39 is 23.6 Å². The predicted molar refractivity (Wildman–Crippen MR) is 93.5 cm³/mol. The highest BCUT2D eigenvalue weighted by molar-refractivity contribution is 6.01. The molecule has 1 saturated heterocycles. The highest BCUT2D eigenvalue weighted by atomic mass is 19.2. The largest absolute Gasteiger partial charge is 0.346 e. The topological polar surface area (TPSA) is 78.5 Å². The highest BCUT2D eigenvalue weighted by Crippen LogP contribution is 2.19. The molecule has 0 aliphatic carbocycles. The standard InChI is InChI=1S/C19H17F2N3O3/c1-11(13-4-7-15(20)16(21)10-13)22-19(27)12-2-5-14(6-3-12)24-18(26)9-8-17(25)23-24/h2-7,10-11H,8-9H2,1H3,(H,22,27)(H,23,25)/t11-/m0/s1. The monoisotopic (exact) mass is 373 g/mol. The van der Waals surface area contributed by atoms with Crippen LogP contribution in [0.3, 0.4) is 0 Å². The average molecular weight is 373 g/mol. The van der Waals surface area contributed by atoms with E-state index >= 15 is 0 Å². The van der Waals surface area contributed by atoms with E-state index in [1.807, 2.05) is 0 Å². The molecule has 8 heteroatoms. The summed E-state index contributed by atoms with van der Waals surface area (Å²) in [6.07, 6.45) is 0.275. The lowest BCUT2D eigenvalue weighted by Gasteiger charge is -2.27. The number of anilines is 1. The van der Waals surface area contributed by atoms with Crippen molar-refractivity contribution in [2.75, 3.05) is 5.01 Å². The number of hydrogen-bond acceptors (Lipinski definition) is 3. The zero-order chi connectivity index (χ0) is 19.6. The lowest BCUT2D eigenvalue weighted by molar-refractivity contribution is -0.130. The molecule has 3 amide bonds. The van der Waals surface area contributed by atoms with E-state index in [2.05, 4.69) is 10.7 Å². The molecular weight excluding hydrogens is 356 g/mol. The molecular formula is C19H17F2N3O3. The molecule has 2 aromatic rings. The van der Waals surface area contributed by atoms with Gasteiger partial charge in [-0.15, -0.1) is 0 Å². The summed E-state index contributed by atoms with van der Waals surface area (Å²) in [5.74, 6) is -2.83. The summed E-state index contributed by atoms with van der Waals surface area (Å²) < 4.78 is 26.3. The third-order valence-corrected chi connectivity index (χ3v) is 4.23. The van der Waals surface area contributed by atoms with Crippen molar-refractivity contribution in [3.63, 3.8) is 0 Å². The number of hydrogen-bond donors (Lipinski definition) is 2. The first-order chi connectivity index (χ1) is 12.8. The van der Waals surface area contributed by atoms with Crippen molar-refractivity contribution in [2.45, 2.75) is 25.8 Å². The molecule has 6 nitrogen and oxygen atoms in total. The van der Waals surface area contributed by atoms with Crippen molar-refractivity contribution < 1.29 is 23.2 Å². The molecule has 3 rings (SSSR count). The smallest absolute Gasteiger partial charge is 0.251 e. The number of carbonyl (C=O) groups is 3. The second kappa shape index (κ2) is 7.53. The SMILES string of the molecule is C[C@H](NC(=O)c1ccc(N2NC(=O)CCC2=O)cc1)c1ccc(F)c(F)c1. The van der Waals surface area contributed by atoms with Crippen LogP contribution in [-0.2, 0) is 9.59 Å². The maximum Gasteiger partial charge on any atom is 0.251 e. The van der Waals surface area contributed by atoms with Crippen LogP contribution >= 0.6 is 0 Å². The molecule has 0 aromatic heterocycles. The number of carbonyl (C=O) groups excluding carboxylic acids is 3. The first-order valence-electron chi connectivity index (χ1n) is 8.33. The molecule has 2 aromatic carbocycles. The molecule has 1 aliphatic rings. The first-order valence-corrected chi connectivity index (χ1v) is 8.33. The first kappa shape index (κ1) is 18.5. The molecule has 0 saturated carbocycles. The lowest BCUT2D eigenvalue weighted by atomic mass is 10.1. The number of amides is 3. The van der Waals surface area contributed by atoms with Gasteiger partial charge in [0.15, 0.2) is 11.6 Å². The normalized spacial score (nSPS) is 15.3. The maximum absolute atomic E-state index is 13.3. The summed E-state index contributed by atoms with van der Waals surface area (Å²) in [6, 6.07) is 9.02. The predicted octanol–water partition coefficient (Wildman–Crippen LogP) is 2.61. The van der Waals surface area contributed by atoms with Crippen LogP contribution in [0.15, 0.2) is 42.5 Å². The third-order valence-electron chi connectivity index (χ3n) is 4.23. The van der Waals surface area contributed by atoms with Crippen molar-refractivity contribution in [1.82, 2.24) is 10.7 Å². The summed E-state index contributed by atoms with van der Waals surface area (Å²) in [5, 5.41) is 3.85. The van der Waals surface area contributed by atoms with Crippen LogP contribution in [0.5, 0.6) is 0 Å². The van der Waals surface area contributed by atoms with Gasteiger partial charge in [-0.1, -0.05) is 6.07 Å². The maximum atomic E-state index is 13.3. The molecule has 2 N–H and O–H groups in total. The van der Waals surface area contributed by atoms with Crippen molar-refractivity contribution >= 4 is 23.4 Å². The Hall–Kier alpha value is -3.29. The number of halogens is 2. The molecule has 0 unspecified atom stereocenters. The lowest BCUT2D eigenvalue weighted by Crippen LogP contribution is -2.50. The summed E-state index contributed by atoms with van der Waals surface area (Å²) in [5.41, 5.74) is 3.67. The molecule has 1 atom stereocenters. The van der Waals surface area contributed by atoms with Crippen molar-refractivity contribution in [3.05, 3.63) is 65.2 Å². The minimum Gasteiger partial charge on any atom is -0.346 e. The summed E-state index contributed by atoms with van der Waals surface area (Å²) in [4.78, 5) is 35.7. The van der Waals surface area contributed by atoms with Gasteiger partial charge in [0.25, 0.3) is 5.91 Å². The van der Waals surface area contributed by atoms with Crippen LogP contribution in [0, 0.1) is 11.6 Å². The summed E-state index contributed by atoms with van der Waals surface area (Å²) >= 11 is 0. The molecule has 1 heterocycles. The number of hydrazine groups is 1. The number of nitrogens with zero attached hydrogens (tertiary/aromatic N) is 1. The molecule has 27 heavy (non-hydrogen) atoms. The molecule has 0 spiro atoms. The Morgan fingerprint density at radius 1 is 1.07 bits per heavy atom. The fourth-order valence-electron chi connectivity index (χ4n) is 2.69. The van der Waals surface area contributed by atoms with Crippen LogP contribution in [0.25, 0.3) is 0 Å². The summed E-state index contributed by atoms with van der Waals surface area (Å²) in [7, 11) is 0. The second-order valence-electron chi connectivity index (χ2n) is 6.18. The van der Waals surface area contributed by atoms with Crippen molar-refractivity contribution in [1.29, 1.82) is 0 Å². The number of nitrogens with one attached hydrogen (secondary N) is 2. The van der Waals surface area contributed by atoms with E-state index in [1.54, 1.807) is 19.1 Å². The number of rotatable bonds is 4. The molecule has 140 valence electrons. The van der Waals surface area contributed by atoms with Gasteiger partial charge in [-0.3, -0.25) is 19.8 Å². The van der Waals surface area contributed by atoms with Crippen molar-refractivity contribution in [2.24, 2.45) is 0 Å². The quantitative estimate of drug-likeness (QED) is 0.865. The average Bonchev–Trinajstić information content (AvgIpc) is 2.66. The van der Waals surface area contributed by atoms with Crippen LogP contribution in [0.1, 0.15) is 41.7 Å². The Kier molecular flexibility index (Phi) is 5.16. The fourth-order valence-corrected chi connectivity index (χ4v) is 2.69. The number of benzene rings is 2. The Bertz CT molecular complexity index is 900. The van der Waals surface area contributed by atoms with E-state index in [0.29, 0.717) is 16.8 Å². The van der Waals surface area contributed by atoms with Gasteiger partial charge in [-0.05, 0) is 48.9 Å². The third kappa shape index (κ3) is 4.11. The van der Waals surface area contributed by atoms with Crippen LogP contribution in [-0.4, -0.2) is 17.7 Å². The Labute approximate surface area is 154 Å². The van der Waals surface area contributed by atoms with Gasteiger partial charge in [0.2, 0.25) is 11.8 Å². The Morgan fingerprint density at radius 3 is 2.44 bits per heavy atom. The summed E-state index contributed by atoms with van der Waals surface area (Å²) in [6.45, 7) is 1.65. The minimum atomic E-state index is -0.980. The molecule has 0 radical (unpaired) electrons. The minimum absolute atomic E-state index is 0.125. The van der Waals surface area contributed by atoms with E-state index in [9.17, 15) is 23.2 Å². The highest BCUT2D eigenvalue weighted by Gasteiger charge is 2.24. The van der Waals surface area contributed by atoms with E-state index in [-0.39, 0.29) is 24.7 Å². The van der Waals surface area contributed by atoms with Gasteiger partial charge in [0.1, 0.15) is 0 Å². The Balaban J connectivity index is 1.69. The van der Waals surface area contributed by atoms with Crippen LogP contribution < -0.4 is 15.8 Å². The molecule has 1 aliphatic heterocycles. The van der Waals surface area contributed by atoms with Crippen LogP contribution in [0.2, 0.25) is 0 Å². The van der Waals surface area contributed by atoms with E-state index in [0.717, 1.165) is 17.1 Å². The van der Waals surface area contributed by atoms with E-state index in [1.165, 1.54) is 18.2 Å². The van der Waals surface area contributed by atoms with Gasteiger partial charge in [0, 0.05) is 18.4 Å². The van der Waals surface area contributed by atoms with E-state index in [4.69, 9.17) is 0 Å². The molecule has 0 bridgehead atoms. The zero-order valence-corrected chi connectivity index (χ0v) is 14.5. The van der Waals surface area contributed by atoms with Gasteiger partial charge < -0.3 is 5.32 Å². The van der Waals surface area contributed by atoms with Gasteiger partial charge >= 0.3 is 0 Å². The van der Waals surface area contributed by atoms with Crippen LogP contribution in [0.4, 0.5) is 14.5 Å². The van der Waals surface area contributed by atoms with Crippen molar-refractivity contribution in [3.8, 4) is 0 Å². The van der Waals surface area contributed by atoms with Gasteiger partial charge in [-0.2, -0.15) is 0 Å².